The van der Waals surface area contributed by atoms with E-state index in [0.717, 1.165) is 11.3 Å². The molecule has 1 aromatic carbocycles. The number of aromatic nitrogens is 2. The van der Waals surface area contributed by atoms with Gasteiger partial charge in [-0.05, 0) is 43.5 Å². The lowest BCUT2D eigenvalue weighted by atomic mass is 10.1. The van der Waals surface area contributed by atoms with Gasteiger partial charge in [0.1, 0.15) is 5.25 Å². The van der Waals surface area contributed by atoms with Crippen LogP contribution in [0.2, 0.25) is 0 Å². The maximum Gasteiger partial charge on any atom is 0.217 e. The second kappa shape index (κ2) is 6.82. The fraction of sp³-hybridized carbons (Fsp3) is 0.438. The number of benzene rings is 1. The number of sulfonamides is 1. The van der Waals surface area contributed by atoms with Gasteiger partial charge in [-0.25, -0.2) is 17.8 Å². The fourth-order valence-electron chi connectivity index (χ4n) is 2.80. The first kappa shape index (κ1) is 16.2. The van der Waals surface area contributed by atoms with E-state index in [0.29, 0.717) is 26.0 Å². The molecule has 3 rings (SSSR count). The third kappa shape index (κ3) is 3.80. The summed E-state index contributed by atoms with van der Waals surface area (Å²) in [5, 5.41) is 3.73. The summed E-state index contributed by atoms with van der Waals surface area (Å²) in [7, 11) is -3.31. The van der Waals surface area contributed by atoms with Crippen molar-refractivity contribution in [2.24, 2.45) is 0 Å². The molecule has 23 heavy (non-hydrogen) atoms. The Morgan fingerprint density at radius 2 is 2.13 bits per heavy atom. The number of ether oxygens (including phenoxy) is 1. The molecule has 0 unspecified atom stereocenters. The van der Waals surface area contributed by atoms with Crippen LogP contribution in [0.25, 0.3) is 5.69 Å². The van der Waals surface area contributed by atoms with Crippen molar-refractivity contribution in [3.05, 3.63) is 48.3 Å². The summed E-state index contributed by atoms with van der Waals surface area (Å²) < 4.78 is 34.3. The zero-order chi connectivity index (χ0) is 16.3. The second-order valence-corrected chi connectivity index (χ2v) is 7.69. The molecule has 2 atom stereocenters. The first-order valence-electron chi connectivity index (χ1n) is 7.75. The Balaban J connectivity index is 1.54. The number of rotatable bonds is 6. The van der Waals surface area contributed by atoms with Crippen LogP contribution < -0.4 is 4.72 Å². The Morgan fingerprint density at radius 1 is 1.35 bits per heavy atom. The Bertz CT molecular complexity index is 726. The molecule has 1 aliphatic rings. The zero-order valence-corrected chi connectivity index (χ0v) is 13.9. The van der Waals surface area contributed by atoms with Crippen molar-refractivity contribution in [2.75, 3.05) is 13.2 Å². The molecule has 7 heteroatoms. The molecule has 0 spiro atoms. The van der Waals surface area contributed by atoms with Gasteiger partial charge in [-0.15, -0.1) is 0 Å². The molecule has 1 saturated heterocycles. The lowest BCUT2D eigenvalue weighted by Crippen LogP contribution is -2.39. The van der Waals surface area contributed by atoms with E-state index < -0.39 is 15.3 Å². The van der Waals surface area contributed by atoms with E-state index in [1.54, 1.807) is 10.9 Å². The first-order valence-corrected chi connectivity index (χ1v) is 9.30. The molecule has 0 saturated carbocycles. The Kier molecular flexibility index (Phi) is 4.79. The molecule has 6 nitrogen and oxygen atoms in total. The predicted molar refractivity (Wildman–Crippen MR) is 88.0 cm³/mol. The highest BCUT2D eigenvalue weighted by molar-refractivity contribution is 7.90. The number of nitrogens with zero attached hydrogens (tertiary/aromatic N) is 2. The van der Waals surface area contributed by atoms with Crippen molar-refractivity contribution in [3.63, 3.8) is 0 Å². The average molecular weight is 335 g/mol. The van der Waals surface area contributed by atoms with Gasteiger partial charge in [0.25, 0.3) is 0 Å². The molecule has 2 aromatic rings. The van der Waals surface area contributed by atoms with Gasteiger partial charge >= 0.3 is 0 Å². The summed E-state index contributed by atoms with van der Waals surface area (Å²) >= 11 is 0. The molecule has 0 radical (unpaired) electrons. The smallest absolute Gasteiger partial charge is 0.217 e. The van der Waals surface area contributed by atoms with E-state index in [2.05, 4.69) is 9.82 Å². The lowest BCUT2D eigenvalue weighted by molar-refractivity contribution is 0.126. The highest BCUT2D eigenvalue weighted by Crippen LogP contribution is 2.19. The minimum Gasteiger partial charge on any atom is -0.377 e. The Hall–Kier alpha value is -1.70. The van der Waals surface area contributed by atoms with E-state index in [1.165, 1.54) is 0 Å². The van der Waals surface area contributed by atoms with Gasteiger partial charge in [0.2, 0.25) is 10.0 Å². The van der Waals surface area contributed by atoms with Gasteiger partial charge in [0, 0.05) is 25.5 Å². The summed E-state index contributed by atoms with van der Waals surface area (Å²) in [6.07, 6.45) is 4.60. The van der Waals surface area contributed by atoms with Crippen molar-refractivity contribution in [3.8, 4) is 5.69 Å². The molecule has 124 valence electrons. The maximum absolute atomic E-state index is 12.2. The normalized spacial score (nSPS) is 21.6. The van der Waals surface area contributed by atoms with Crippen LogP contribution in [0.1, 0.15) is 18.9 Å². The minimum atomic E-state index is -3.31. The van der Waals surface area contributed by atoms with Crippen LogP contribution in [-0.4, -0.2) is 42.7 Å². The minimum absolute atomic E-state index is 0.235. The van der Waals surface area contributed by atoms with Gasteiger partial charge in [0.15, 0.2) is 0 Å². The lowest BCUT2D eigenvalue weighted by Gasteiger charge is -2.15. The highest BCUT2D eigenvalue weighted by atomic mass is 32.2. The van der Waals surface area contributed by atoms with Crippen LogP contribution in [0.3, 0.4) is 0 Å². The molecular weight excluding hydrogens is 314 g/mol. The monoisotopic (exact) mass is 335 g/mol. The Labute approximate surface area is 136 Å². The van der Waals surface area contributed by atoms with Crippen molar-refractivity contribution in [1.29, 1.82) is 0 Å². The Morgan fingerprint density at radius 3 is 2.74 bits per heavy atom. The number of nitrogens with one attached hydrogen (secondary N) is 1. The van der Waals surface area contributed by atoms with E-state index >= 15 is 0 Å². The summed E-state index contributed by atoms with van der Waals surface area (Å²) in [6.45, 7) is 2.72. The van der Waals surface area contributed by atoms with Gasteiger partial charge in [-0.2, -0.15) is 5.10 Å². The fourth-order valence-corrected chi connectivity index (χ4v) is 4.39. The van der Waals surface area contributed by atoms with Crippen LogP contribution in [0.5, 0.6) is 0 Å². The second-order valence-electron chi connectivity index (χ2n) is 5.71. The van der Waals surface area contributed by atoms with Gasteiger partial charge in [0.05, 0.1) is 11.8 Å². The summed E-state index contributed by atoms with van der Waals surface area (Å²) in [4.78, 5) is 0. The van der Waals surface area contributed by atoms with Crippen molar-refractivity contribution in [2.45, 2.75) is 31.1 Å². The molecule has 1 N–H and O–H groups in total. The summed E-state index contributed by atoms with van der Waals surface area (Å²) in [5.74, 6) is 0. The van der Waals surface area contributed by atoms with E-state index in [9.17, 15) is 8.42 Å². The van der Waals surface area contributed by atoms with Crippen LogP contribution in [0.4, 0.5) is 0 Å². The average Bonchev–Trinajstić information content (AvgIpc) is 3.19. The third-order valence-corrected chi connectivity index (χ3v) is 6.15. The highest BCUT2D eigenvalue weighted by Gasteiger charge is 2.35. The van der Waals surface area contributed by atoms with Crippen molar-refractivity contribution in [1.82, 2.24) is 14.5 Å². The molecule has 2 heterocycles. The van der Waals surface area contributed by atoms with E-state index in [4.69, 9.17) is 4.74 Å². The van der Waals surface area contributed by atoms with E-state index in [1.807, 2.05) is 43.5 Å². The number of hydrogen-bond acceptors (Lipinski definition) is 4. The van der Waals surface area contributed by atoms with Crippen LogP contribution in [0.15, 0.2) is 42.7 Å². The van der Waals surface area contributed by atoms with Crippen molar-refractivity contribution < 1.29 is 13.2 Å². The maximum atomic E-state index is 12.2. The molecule has 1 fully saturated rings. The van der Waals surface area contributed by atoms with Gasteiger partial charge < -0.3 is 4.74 Å². The molecule has 0 bridgehead atoms. The first-order chi connectivity index (χ1) is 11.1. The topological polar surface area (TPSA) is 73.2 Å². The molecule has 0 aliphatic carbocycles. The molecule has 0 amide bonds. The number of hydrogen-bond donors (Lipinski definition) is 1. The molecular formula is C16H21N3O3S. The van der Waals surface area contributed by atoms with Crippen LogP contribution in [-0.2, 0) is 21.2 Å². The SMILES string of the molecule is C[C@@H]1OCC[C@H]1S(=O)(=O)NCCc1ccc(-n2cccn2)cc1. The quantitative estimate of drug-likeness (QED) is 0.868. The largest absolute Gasteiger partial charge is 0.377 e. The van der Waals surface area contributed by atoms with Crippen LogP contribution >= 0.6 is 0 Å². The zero-order valence-electron chi connectivity index (χ0n) is 13.1. The van der Waals surface area contributed by atoms with Gasteiger partial charge in [-0.1, -0.05) is 12.1 Å². The van der Waals surface area contributed by atoms with Crippen LogP contribution in [0, 0.1) is 0 Å². The molecule has 1 aliphatic heterocycles. The van der Waals surface area contributed by atoms with Crippen molar-refractivity contribution >= 4 is 10.0 Å². The van der Waals surface area contributed by atoms with Gasteiger partial charge in [-0.3, -0.25) is 0 Å². The molecule has 1 aromatic heterocycles. The van der Waals surface area contributed by atoms with E-state index in [-0.39, 0.29) is 6.10 Å². The standard InChI is InChI=1S/C16H21N3O3S/c1-13-16(8-12-22-13)23(20,21)18-10-7-14-3-5-15(6-4-14)19-11-2-9-17-19/h2-6,9,11,13,16,18H,7-8,10,12H2,1H3/t13-,16+/m0/s1. The summed E-state index contributed by atoms with van der Waals surface area (Å²) in [6, 6.07) is 9.81. The third-order valence-electron chi connectivity index (χ3n) is 4.13. The summed E-state index contributed by atoms with van der Waals surface area (Å²) in [5.41, 5.74) is 2.07. The predicted octanol–water partition coefficient (Wildman–Crippen LogP) is 1.51.